The van der Waals surface area contributed by atoms with Crippen molar-refractivity contribution in [3.63, 3.8) is 0 Å². The van der Waals surface area contributed by atoms with Gasteiger partial charge in [-0.25, -0.2) is 4.79 Å². The summed E-state index contributed by atoms with van der Waals surface area (Å²) in [7, 11) is 0. The molecule has 0 saturated heterocycles. The Labute approximate surface area is 255 Å². The Bertz CT molecular complexity index is 966. The molecule has 0 aliphatic carbocycles. The van der Waals surface area contributed by atoms with Crippen molar-refractivity contribution in [1.29, 1.82) is 0 Å². The lowest BCUT2D eigenvalue weighted by molar-refractivity contribution is -0.141. The molecular formula is C23H41N9O8S2. The second-order valence-corrected chi connectivity index (χ2v) is 8.57. The first kappa shape index (κ1) is 42.3. The molecule has 0 aromatic heterocycles. The molecule has 0 radical (unpaired) electrons. The van der Waals surface area contributed by atoms with Gasteiger partial charge in [0.2, 0.25) is 35.4 Å². The minimum Gasteiger partial charge on any atom is -0.480 e. The predicted molar refractivity (Wildman–Crippen MR) is 162 cm³/mol. The van der Waals surface area contributed by atoms with Crippen LogP contribution in [0.4, 0.5) is 0 Å². The fourth-order valence-electron chi connectivity index (χ4n) is 2.09. The first-order valence-electron chi connectivity index (χ1n) is 12.2. The molecule has 0 rings (SSSR count). The third-order valence-corrected chi connectivity index (χ3v) is 4.71. The number of carbonyl (C=O) groups excluding carboxylic acids is 6. The molecule has 42 heavy (non-hydrogen) atoms. The highest BCUT2D eigenvalue weighted by molar-refractivity contribution is 7.80. The molecule has 0 saturated carbocycles. The Hall–Kier alpha value is -4.18. The molecule has 2 atom stereocenters. The van der Waals surface area contributed by atoms with Gasteiger partial charge >= 0.3 is 5.97 Å². The van der Waals surface area contributed by atoms with Gasteiger partial charge in [-0.1, -0.05) is 6.92 Å². The molecule has 0 aliphatic rings. The van der Waals surface area contributed by atoms with Gasteiger partial charge in [-0.3, -0.25) is 33.8 Å². The van der Waals surface area contributed by atoms with E-state index in [9.17, 15) is 33.6 Å². The van der Waals surface area contributed by atoms with E-state index in [0.29, 0.717) is 0 Å². The molecule has 0 aliphatic heterocycles. The summed E-state index contributed by atoms with van der Waals surface area (Å²) in [5, 5.41) is 20.1. The molecule has 0 fully saturated rings. The van der Waals surface area contributed by atoms with Crippen molar-refractivity contribution in [3.05, 3.63) is 0 Å². The van der Waals surface area contributed by atoms with Crippen molar-refractivity contribution in [2.24, 2.45) is 22.2 Å². The topological polar surface area (TPSA) is 290 Å². The van der Waals surface area contributed by atoms with E-state index in [0.717, 1.165) is 13.0 Å². The van der Waals surface area contributed by atoms with E-state index in [2.05, 4.69) is 68.5 Å². The van der Waals surface area contributed by atoms with E-state index < -0.39 is 67.2 Å². The fraction of sp³-hybridized carbons (Fsp3) is 0.565. The number of carbonyl (C=O) groups is 7. The van der Waals surface area contributed by atoms with Gasteiger partial charge in [0.05, 0.1) is 19.6 Å². The maximum Gasteiger partial charge on any atom is 0.327 e. The summed E-state index contributed by atoms with van der Waals surface area (Å²) < 4.78 is 0. The van der Waals surface area contributed by atoms with Crippen LogP contribution in [0.5, 0.6) is 0 Å². The predicted octanol–water partition coefficient (Wildman–Crippen LogP) is -4.18. The number of carboxylic acids is 1. The molecule has 0 aromatic carbocycles. The van der Waals surface area contributed by atoms with Crippen LogP contribution < -0.4 is 43.8 Å². The van der Waals surface area contributed by atoms with Crippen molar-refractivity contribution in [1.82, 2.24) is 26.6 Å². The van der Waals surface area contributed by atoms with Crippen molar-refractivity contribution in [2.45, 2.75) is 45.2 Å². The van der Waals surface area contributed by atoms with Gasteiger partial charge in [-0.05, 0) is 6.42 Å². The zero-order chi connectivity index (χ0) is 33.1. The summed E-state index contributed by atoms with van der Waals surface area (Å²) in [6.45, 7) is 2.63. The Morgan fingerprint density at radius 3 is 1.67 bits per heavy atom. The number of carboxylic acid groups (broad SMARTS) is 1. The lowest BCUT2D eigenvalue weighted by Gasteiger charge is -2.16. The molecule has 0 aromatic rings. The fourth-order valence-corrected chi connectivity index (χ4v) is 2.60. The van der Waals surface area contributed by atoms with Crippen LogP contribution >= 0.6 is 25.3 Å². The molecule has 12 N–H and O–H groups in total. The van der Waals surface area contributed by atoms with Crippen molar-refractivity contribution >= 4 is 72.6 Å². The quantitative estimate of drug-likeness (QED) is 0.0336. The number of aliphatic imine (C=N–C) groups is 1. The first-order valence-corrected chi connectivity index (χ1v) is 13.5. The van der Waals surface area contributed by atoms with Gasteiger partial charge < -0.3 is 48.9 Å². The molecule has 0 heterocycles. The number of rotatable bonds is 16. The Morgan fingerprint density at radius 1 is 0.833 bits per heavy atom. The van der Waals surface area contributed by atoms with Crippen LogP contribution in [0.1, 0.15) is 33.1 Å². The second kappa shape index (κ2) is 27.0. The number of aliphatic carboxylic acids is 1. The van der Waals surface area contributed by atoms with Crippen LogP contribution in [0.3, 0.4) is 0 Å². The van der Waals surface area contributed by atoms with Crippen LogP contribution in [0.25, 0.3) is 0 Å². The summed E-state index contributed by atoms with van der Waals surface area (Å²) in [6, 6.07) is -2.16. The van der Waals surface area contributed by atoms with E-state index in [-0.39, 0.29) is 36.2 Å². The molecule has 238 valence electrons. The highest BCUT2D eigenvalue weighted by atomic mass is 32.1. The zero-order valence-corrected chi connectivity index (χ0v) is 25.3. The van der Waals surface area contributed by atoms with Crippen molar-refractivity contribution in [2.75, 3.05) is 37.7 Å². The van der Waals surface area contributed by atoms with Gasteiger partial charge in [0.25, 0.3) is 0 Å². The minimum atomic E-state index is -1.27. The average molecular weight is 636 g/mol. The zero-order valence-electron chi connectivity index (χ0n) is 23.5. The van der Waals surface area contributed by atoms with Crippen molar-refractivity contribution in [3.8, 4) is 12.3 Å². The normalized spacial score (nSPS) is 10.6. The van der Waals surface area contributed by atoms with E-state index in [1.807, 2.05) is 6.92 Å². The molecule has 0 spiro atoms. The summed E-state index contributed by atoms with van der Waals surface area (Å²) in [6.07, 6.45) is 6.32. The highest BCUT2D eigenvalue weighted by Gasteiger charge is 2.20. The number of nitrogens with one attached hydrogen (secondary N) is 5. The molecular weight excluding hydrogens is 594 g/mol. The summed E-state index contributed by atoms with van der Waals surface area (Å²) >= 11 is 7.76. The number of nitrogens with zero attached hydrogens (tertiary/aromatic N) is 1. The number of hydrogen-bond acceptors (Lipinski definition) is 10. The van der Waals surface area contributed by atoms with E-state index in [1.165, 1.54) is 6.92 Å². The lowest BCUT2D eigenvalue weighted by atomic mass is 10.2. The Kier molecular flexibility index (Phi) is 27.2. The number of terminal acetylenes is 1. The minimum absolute atomic E-state index is 0.00430. The van der Waals surface area contributed by atoms with Crippen LogP contribution in [0.15, 0.2) is 4.99 Å². The van der Waals surface area contributed by atoms with Crippen LogP contribution in [-0.4, -0.2) is 102 Å². The van der Waals surface area contributed by atoms with Gasteiger partial charge in [-0.2, -0.15) is 25.3 Å². The molecule has 2 unspecified atom stereocenters. The monoisotopic (exact) mass is 635 g/mol. The van der Waals surface area contributed by atoms with Crippen LogP contribution in [-0.2, 0) is 33.6 Å². The number of primary amides is 1. The van der Waals surface area contributed by atoms with Crippen molar-refractivity contribution < 1.29 is 38.7 Å². The smallest absolute Gasteiger partial charge is 0.327 e. The van der Waals surface area contributed by atoms with Gasteiger partial charge in [-0.15, -0.1) is 12.3 Å². The highest BCUT2D eigenvalue weighted by Crippen LogP contribution is 1.93. The maximum atomic E-state index is 12.0. The van der Waals surface area contributed by atoms with E-state index >= 15 is 0 Å². The third-order valence-electron chi connectivity index (χ3n) is 3.98. The van der Waals surface area contributed by atoms with Gasteiger partial charge in [0.1, 0.15) is 12.1 Å². The molecule has 17 nitrogen and oxygen atoms in total. The largest absolute Gasteiger partial charge is 0.480 e. The van der Waals surface area contributed by atoms with Crippen LogP contribution in [0.2, 0.25) is 0 Å². The lowest BCUT2D eigenvalue weighted by Crippen LogP contribution is -2.51. The summed E-state index contributed by atoms with van der Waals surface area (Å²) in [5.74, 6) is -2.46. The standard InChI is InChI=1S/C17H25N5O7S2.C4H11N3.C2H5NO/c1-2-3-4-12(23)21-10(8-30)16(27)20-6-14(25)18-5-13(24)19-7-15(26)22-11(9-31)17(28)29;1-2-3-7-4(5)6;1-2(3)4/h1,10-11,30-31H,3-9H2,(H,18,25)(H,19,24)(H,20,27)(H,21,23)(H,22,26)(H,28,29);2-3H2,1H3,(H4,5,6,7);1H3,(H2,3,4). The van der Waals surface area contributed by atoms with Gasteiger partial charge in [0, 0.05) is 37.8 Å². The van der Waals surface area contributed by atoms with Gasteiger partial charge in [0.15, 0.2) is 5.96 Å². The number of amides is 6. The number of hydrogen-bond donors (Lipinski definition) is 11. The molecule has 0 bridgehead atoms. The summed E-state index contributed by atoms with van der Waals surface area (Å²) in [4.78, 5) is 82.3. The average Bonchev–Trinajstić information content (AvgIpc) is 2.92. The number of nitrogens with two attached hydrogens (primary N) is 3. The molecule has 6 amide bonds. The first-order chi connectivity index (χ1) is 19.6. The maximum absolute atomic E-state index is 12.0. The number of thiol groups is 2. The van der Waals surface area contributed by atoms with E-state index in [4.69, 9.17) is 23.0 Å². The second-order valence-electron chi connectivity index (χ2n) is 7.84. The molecule has 19 heteroatoms. The Morgan fingerprint density at radius 2 is 1.29 bits per heavy atom. The van der Waals surface area contributed by atoms with E-state index in [1.54, 1.807) is 0 Å². The van der Waals surface area contributed by atoms with Crippen LogP contribution in [0, 0.1) is 12.3 Å². The Balaban J connectivity index is -0.00000116. The SMILES string of the molecule is C#CCCC(=O)NC(CS)C(=O)NCC(=O)NCC(=O)NCC(=O)NC(CS)C(=O)O.CC(N)=O.CCCN=C(N)N. The summed E-state index contributed by atoms with van der Waals surface area (Å²) in [5.41, 5.74) is 14.5. The number of guanidine groups is 1. The third kappa shape index (κ3) is 28.8.